The van der Waals surface area contributed by atoms with Crippen molar-refractivity contribution in [3.63, 3.8) is 0 Å². The van der Waals surface area contributed by atoms with Gasteiger partial charge in [0.1, 0.15) is 0 Å². The molecule has 1 saturated heterocycles. The van der Waals surface area contributed by atoms with E-state index < -0.39 is 5.82 Å². The lowest BCUT2D eigenvalue weighted by Gasteiger charge is -2.39. The fourth-order valence-corrected chi connectivity index (χ4v) is 2.88. The maximum atomic E-state index is 13.4. The number of methoxy groups -OCH3 is 1. The summed E-state index contributed by atoms with van der Waals surface area (Å²) < 4.78 is 18.3. The van der Waals surface area contributed by atoms with Gasteiger partial charge in [-0.1, -0.05) is 13.0 Å². The molecule has 1 heterocycles. The third kappa shape index (κ3) is 4.10. The zero-order valence-corrected chi connectivity index (χ0v) is 13.7. The highest BCUT2D eigenvalue weighted by Gasteiger charge is 2.33. The average molecular weight is 321 g/mol. The second-order valence-electron chi connectivity index (χ2n) is 6.06. The van der Waals surface area contributed by atoms with Gasteiger partial charge in [0.15, 0.2) is 11.6 Å². The first-order valence-electron chi connectivity index (χ1n) is 7.95. The lowest BCUT2D eigenvalue weighted by Crippen LogP contribution is -2.43. The Hall–Kier alpha value is -1.88. The molecule has 0 saturated carbocycles. The Morgan fingerprint density at radius 1 is 1.43 bits per heavy atom. The Balaban J connectivity index is 1.97. The van der Waals surface area contributed by atoms with Crippen LogP contribution in [-0.2, 0) is 4.79 Å². The molecule has 1 fully saturated rings. The maximum Gasteiger partial charge on any atom is 0.246 e. The summed E-state index contributed by atoms with van der Waals surface area (Å²) in [6.45, 7) is 3.57. The number of piperidine rings is 1. The molecule has 1 aromatic rings. The minimum absolute atomic E-state index is 0.0369. The molecule has 2 rings (SSSR count). The average Bonchev–Trinajstić information content (AvgIpc) is 2.60. The number of aliphatic hydroxyl groups excluding tert-OH is 1. The smallest absolute Gasteiger partial charge is 0.246 e. The van der Waals surface area contributed by atoms with Crippen molar-refractivity contribution in [2.45, 2.75) is 26.2 Å². The molecule has 1 aromatic carbocycles. The molecule has 1 aliphatic heterocycles. The lowest BCUT2D eigenvalue weighted by molar-refractivity contribution is -0.128. The Morgan fingerprint density at radius 3 is 2.70 bits per heavy atom. The van der Waals surface area contributed by atoms with Crippen LogP contribution >= 0.6 is 0 Å². The highest BCUT2D eigenvalue weighted by Crippen LogP contribution is 2.34. The quantitative estimate of drug-likeness (QED) is 0.849. The van der Waals surface area contributed by atoms with Gasteiger partial charge in [0.2, 0.25) is 5.91 Å². The summed E-state index contributed by atoms with van der Waals surface area (Å²) in [4.78, 5) is 14.0. The molecule has 1 amide bonds. The molecule has 0 spiro atoms. The Morgan fingerprint density at radius 2 is 2.13 bits per heavy atom. The van der Waals surface area contributed by atoms with Gasteiger partial charge in [0.25, 0.3) is 0 Å². The van der Waals surface area contributed by atoms with E-state index in [1.54, 1.807) is 23.1 Å². The molecule has 23 heavy (non-hydrogen) atoms. The van der Waals surface area contributed by atoms with Gasteiger partial charge >= 0.3 is 0 Å². The van der Waals surface area contributed by atoms with E-state index in [1.165, 1.54) is 19.3 Å². The van der Waals surface area contributed by atoms with E-state index in [0.717, 1.165) is 19.3 Å². The minimum Gasteiger partial charge on any atom is -0.494 e. The minimum atomic E-state index is -0.424. The van der Waals surface area contributed by atoms with Gasteiger partial charge in [-0.05, 0) is 48.4 Å². The number of carbonyl (C=O) groups excluding carboxylic acids is 1. The second kappa shape index (κ2) is 7.59. The molecule has 4 nitrogen and oxygen atoms in total. The zero-order chi connectivity index (χ0) is 16.9. The summed E-state index contributed by atoms with van der Waals surface area (Å²) in [5, 5.41) is 9.53. The van der Waals surface area contributed by atoms with Gasteiger partial charge in [-0.25, -0.2) is 4.39 Å². The highest BCUT2D eigenvalue weighted by atomic mass is 19.1. The summed E-state index contributed by atoms with van der Waals surface area (Å²) in [7, 11) is 1.41. The monoisotopic (exact) mass is 321 g/mol. The van der Waals surface area contributed by atoms with Gasteiger partial charge in [-0.2, -0.15) is 0 Å². The standard InChI is InChI=1S/C18H24FNO3/c1-3-18(13-21)8-10-20(11-9-18)17(22)7-5-14-4-6-15(19)16(12-14)23-2/h4-7,12,21H,3,8-11,13H2,1-2H3/b7-5+. The summed E-state index contributed by atoms with van der Waals surface area (Å²) >= 11 is 0. The van der Waals surface area contributed by atoms with Crippen LogP contribution in [0.15, 0.2) is 24.3 Å². The number of hydrogen-bond donors (Lipinski definition) is 1. The number of likely N-dealkylation sites (tertiary alicyclic amines) is 1. The van der Waals surface area contributed by atoms with Crippen molar-refractivity contribution in [3.05, 3.63) is 35.7 Å². The number of carbonyl (C=O) groups is 1. The molecule has 0 atom stereocenters. The molecule has 0 aliphatic carbocycles. The predicted octanol–water partition coefficient (Wildman–Crippen LogP) is 2.86. The number of ether oxygens (including phenoxy) is 1. The molecular weight excluding hydrogens is 297 g/mol. The van der Waals surface area contributed by atoms with E-state index in [-0.39, 0.29) is 23.7 Å². The van der Waals surface area contributed by atoms with Crippen molar-refractivity contribution in [2.75, 3.05) is 26.8 Å². The zero-order valence-electron chi connectivity index (χ0n) is 13.7. The highest BCUT2D eigenvalue weighted by molar-refractivity contribution is 5.91. The van der Waals surface area contributed by atoms with E-state index >= 15 is 0 Å². The molecule has 0 aromatic heterocycles. The lowest BCUT2D eigenvalue weighted by atomic mass is 9.77. The van der Waals surface area contributed by atoms with E-state index in [2.05, 4.69) is 6.92 Å². The van der Waals surface area contributed by atoms with Crippen LogP contribution in [0.2, 0.25) is 0 Å². The van der Waals surface area contributed by atoms with Crippen molar-refractivity contribution in [3.8, 4) is 5.75 Å². The van der Waals surface area contributed by atoms with Crippen molar-refractivity contribution >= 4 is 12.0 Å². The number of amides is 1. The molecule has 1 aliphatic rings. The fraction of sp³-hybridized carbons (Fsp3) is 0.500. The Kier molecular flexibility index (Phi) is 5.77. The van der Waals surface area contributed by atoms with Crippen LogP contribution in [0.1, 0.15) is 31.7 Å². The van der Waals surface area contributed by atoms with Crippen LogP contribution in [0.4, 0.5) is 4.39 Å². The maximum absolute atomic E-state index is 13.4. The van der Waals surface area contributed by atoms with Crippen molar-refractivity contribution in [2.24, 2.45) is 5.41 Å². The number of rotatable bonds is 5. The summed E-state index contributed by atoms with van der Waals surface area (Å²) in [5.41, 5.74) is 0.678. The van der Waals surface area contributed by atoms with Gasteiger partial charge < -0.3 is 14.7 Å². The van der Waals surface area contributed by atoms with E-state index in [1.807, 2.05) is 0 Å². The molecule has 0 bridgehead atoms. The summed E-state index contributed by atoms with van der Waals surface area (Å²) in [6, 6.07) is 4.48. The summed E-state index contributed by atoms with van der Waals surface area (Å²) in [5.74, 6) is -0.323. The third-order valence-corrected chi connectivity index (χ3v) is 4.81. The van der Waals surface area contributed by atoms with E-state index in [0.29, 0.717) is 18.7 Å². The van der Waals surface area contributed by atoms with Crippen molar-refractivity contribution in [1.82, 2.24) is 4.90 Å². The van der Waals surface area contributed by atoms with Crippen LogP contribution < -0.4 is 4.74 Å². The predicted molar refractivity (Wildman–Crippen MR) is 87.6 cm³/mol. The molecule has 0 unspecified atom stereocenters. The topological polar surface area (TPSA) is 49.8 Å². The first-order valence-corrected chi connectivity index (χ1v) is 7.95. The number of hydrogen-bond acceptors (Lipinski definition) is 3. The molecule has 126 valence electrons. The van der Waals surface area contributed by atoms with Crippen molar-refractivity contribution < 1.29 is 19.0 Å². The first kappa shape index (κ1) is 17.5. The number of nitrogens with zero attached hydrogens (tertiary/aromatic N) is 1. The van der Waals surface area contributed by atoms with Gasteiger partial charge in [-0.3, -0.25) is 4.79 Å². The third-order valence-electron chi connectivity index (χ3n) is 4.81. The Labute approximate surface area is 136 Å². The van der Waals surface area contributed by atoms with Crippen LogP contribution in [-0.4, -0.2) is 42.7 Å². The Bertz CT molecular complexity index is 572. The summed E-state index contributed by atoms with van der Waals surface area (Å²) in [6.07, 6.45) is 5.74. The van der Waals surface area contributed by atoms with Crippen LogP contribution in [0.3, 0.4) is 0 Å². The number of halogens is 1. The largest absolute Gasteiger partial charge is 0.494 e. The fourth-order valence-electron chi connectivity index (χ4n) is 2.88. The molecule has 5 heteroatoms. The van der Waals surface area contributed by atoms with Crippen LogP contribution in [0, 0.1) is 11.2 Å². The molecule has 0 radical (unpaired) electrons. The van der Waals surface area contributed by atoms with E-state index in [4.69, 9.17) is 4.74 Å². The number of aliphatic hydroxyl groups is 1. The van der Waals surface area contributed by atoms with Crippen LogP contribution in [0.5, 0.6) is 5.75 Å². The van der Waals surface area contributed by atoms with E-state index in [9.17, 15) is 14.3 Å². The van der Waals surface area contributed by atoms with Gasteiger partial charge in [-0.15, -0.1) is 0 Å². The number of benzene rings is 1. The first-order chi connectivity index (χ1) is 11.0. The van der Waals surface area contributed by atoms with Crippen LogP contribution in [0.25, 0.3) is 6.08 Å². The van der Waals surface area contributed by atoms with Crippen molar-refractivity contribution in [1.29, 1.82) is 0 Å². The molecular formula is C18H24FNO3. The molecule has 1 N–H and O–H groups in total. The SMILES string of the molecule is CCC1(CO)CCN(C(=O)/C=C/c2ccc(F)c(OC)c2)CC1. The van der Waals surface area contributed by atoms with Gasteiger partial charge in [0, 0.05) is 25.8 Å². The van der Waals surface area contributed by atoms with Gasteiger partial charge in [0.05, 0.1) is 7.11 Å². The second-order valence-corrected chi connectivity index (χ2v) is 6.06. The normalized spacial score (nSPS) is 17.5.